The molecule has 1 aliphatic rings. The van der Waals surface area contributed by atoms with E-state index in [9.17, 15) is 0 Å². The number of rotatable bonds is 4. The van der Waals surface area contributed by atoms with Crippen molar-refractivity contribution in [3.8, 4) is 22.6 Å². The molecule has 0 radical (unpaired) electrons. The molecule has 1 aliphatic carbocycles. The molecule has 0 spiro atoms. The minimum absolute atomic E-state index is 0.278. The zero-order chi connectivity index (χ0) is 23.9. The molecule has 4 N–H and O–H groups in total. The number of nitrogen functional groups attached to an aromatic ring is 1. The van der Waals surface area contributed by atoms with Gasteiger partial charge in [0.05, 0.1) is 28.3 Å². The molecule has 1 aromatic carbocycles. The van der Waals surface area contributed by atoms with Gasteiger partial charge in [-0.2, -0.15) is 5.10 Å². The molecule has 4 heterocycles. The molecule has 6 rings (SSSR count). The molecule has 8 heteroatoms. The van der Waals surface area contributed by atoms with E-state index in [1.165, 1.54) is 6.33 Å². The summed E-state index contributed by atoms with van der Waals surface area (Å²) in [5.41, 5.74) is 18.6. The van der Waals surface area contributed by atoms with Gasteiger partial charge in [0.1, 0.15) is 17.8 Å². The fourth-order valence-electron chi connectivity index (χ4n) is 5.27. The van der Waals surface area contributed by atoms with Gasteiger partial charge in [-0.05, 0) is 74.9 Å². The van der Waals surface area contributed by atoms with Crippen LogP contribution in [0.5, 0.6) is 0 Å². The molecule has 8 nitrogen and oxygen atoms in total. The van der Waals surface area contributed by atoms with E-state index in [1.54, 1.807) is 6.20 Å². The first-order chi connectivity index (χ1) is 17.1. The molecule has 0 saturated heterocycles. The Hall–Kier alpha value is -3.91. The number of aryl methyl sites for hydroxylation is 1. The highest BCUT2D eigenvalue weighted by atomic mass is 15.3. The Morgan fingerprint density at radius 3 is 2.60 bits per heavy atom. The fourth-order valence-corrected chi connectivity index (χ4v) is 5.27. The fraction of sp³-hybridized carbons (Fsp3) is 0.296. The van der Waals surface area contributed by atoms with Gasteiger partial charge in [0.2, 0.25) is 0 Å². The lowest BCUT2D eigenvalue weighted by molar-refractivity contribution is 0.269. The van der Waals surface area contributed by atoms with Crippen LogP contribution in [0.2, 0.25) is 0 Å². The van der Waals surface area contributed by atoms with E-state index in [-0.39, 0.29) is 6.04 Å². The molecule has 4 aromatic heterocycles. The van der Waals surface area contributed by atoms with Crippen LogP contribution in [0.4, 0.5) is 5.82 Å². The van der Waals surface area contributed by atoms with Gasteiger partial charge in [0.15, 0.2) is 5.65 Å². The molecule has 0 unspecified atom stereocenters. The van der Waals surface area contributed by atoms with E-state index in [0.29, 0.717) is 11.7 Å². The Bertz CT molecular complexity index is 1520. The van der Waals surface area contributed by atoms with Crippen LogP contribution in [0.25, 0.3) is 44.6 Å². The third kappa shape index (κ3) is 3.80. The van der Waals surface area contributed by atoms with Crippen LogP contribution in [0.15, 0.2) is 55.0 Å². The second kappa shape index (κ2) is 8.70. The van der Waals surface area contributed by atoms with Crippen LogP contribution in [0, 0.1) is 12.8 Å². The van der Waals surface area contributed by atoms with Gasteiger partial charge < -0.3 is 11.5 Å². The molecule has 0 amide bonds. The standard InChI is InChI=1S/C27H28N8/c1-16-12-23(21-4-2-3-11-30-21)33-22-13-18(7-10-20(16)22)25-24-26(29)31-15-32-27(24)35(34-25)19-8-5-17(14-28)6-9-19/h2-4,7,10-13,15,17,19H,5-6,8-9,14,28H2,1H3,(H2,29,31,32). The monoisotopic (exact) mass is 464 g/mol. The van der Waals surface area contributed by atoms with Crippen LogP contribution in [0.3, 0.4) is 0 Å². The number of anilines is 1. The number of nitrogens with zero attached hydrogens (tertiary/aromatic N) is 6. The van der Waals surface area contributed by atoms with Crippen LogP contribution in [0.1, 0.15) is 37.3 Å². The lowest BCUT2D eigenvalue weighted by Gasteiger charge is -2.27. The molecule has 1 fully saturated rings. The normalized spacial score (nSPS) is 18.3. The summed E-state index contributed by atoms with van der Waals surface area (Å²) in [6.07, 6.45) is 7.59. The van der Waals surface area contributed by atoms with Crippen LogP contribution < -0.4 is 11.5 Å². The number of aromatic nitrogens is 6. The summed E-state index contributed by atoms with van der Waals surface area (Å²) in [5, 5.41) is 6.96. The second-order valence-electron chi connectivity index (χ2n) is 9.43. The third-order valence-corrected chi connectivity index (χ3v) is 7.23. The molecule has 1 saturated carbocycles. The predicted molar refractivity (Wildman–Crippen MR) is 138 cm³/mol. The lowest BCUT2D eigenvalue weighted by atomic mass is 9.86. The van der Waals surface area contributed by atoms with Crippen LogP contribution >= 0.6 is 0 Å². The molecule has 0 atom stereocenters. The van der Waals surface area contributed by atoms with E-state index in [2.05, 4.69) is 50.8 Å². The highest BCUT2D eigenvalue weighted by Crippen LogP contribution is 2.38. The minimum Gasteiger partial charge on any atom is -0.383 e. The van der Waals surface area contributed by atoms with Crippen molar-refractivity contribution < 1.29 is 0 Å². The third-order valence-electron chi connectivity index (χ3n) is 7.23. The highest BCUT2D eigenvalue weighted by Gasteiger charge is 2.26. The maximum atomic E-state index is 6.37. The van der Waals surface area contributed by atoms with Crippen molar-refractivity contribution >= 4 is 27.8 Å². The van der Waals surface area contributed by atoms with Gasteiger partial charge in [-0.15, -0.1) is 0 Å². The highest BCUT2D eigenvalue weighted by molar-refractivity contribution is 6.00. The average Bonchev–Trinajstić information content (AvgIpc) is 3.30. The van der Waals surface area contributed by atoms with E-state index < -0.39 is 0 Å². The van der Waals surface area contributed by atoms with Crippen molar-refractivity contribution in [3.05, 3.63) is 60.6 Å². The van der Waals surface area contributed by atoms with Crippen LogP contribution in [-0.4, -0.2) is 36.3 Å². The molecule has 0 bridgehead atoms. The number of benzene rings is 1. The van der Waals surface area contributed by atoms with Crippen molar-refractivity contribution in [1.82, 2.24) is 29.7 Å². The molecule has 176 valence electrons. The summed E-state index contributed by atoms with van der Waals surface area (Å²) >= 11 is 0. The van der Waals surface area contributed by atoms with E-state index >= 15 is 0 Å². The Labute approximate surface area is 203 Å². The molecule has 5 aromatic rings. The van der Waals surface area contributed by atoms with E-state index in [0.717, 1.165) is 82.4 Å². The topological polar surface area (TPSA) is 121 Å². The predicted octanol–water partition coefficient (Wildman–Crippen LogP) is 4.68. The maximum Gasteiger partial charge on any atom is 0.164 e. The molecule has 0 aliphatic heterocycles. The Kier molecular flexibility index (Phi) is 5.37. The van der Waals surface area contributed by atoms with Crippen LogP contribution in [-0.2, 0) is 0 Å². The Morgan fingerprint density at radius 2 is 1.83 bits per heavy atom. The Morgan fingerprint density at radius 1 is 0.971 bits per heavy atom. The number of fused-ring (bicyclic) bond motifs is 2. The van der Waals surface area contributed by atoms with Crippen molar-refractivity contribution in [2.45, 2.75) is 38.6 Å². The quantitative estimate of drug-likeness (QED) is 0.396. The van der Waals surface area contributed by atoms with Gasteiger partial charge in [-0.3, -0.25) is 4.98 Å². The van der Waals surface area contributed by atoms with Gasteiger partial charge in [-0.1, -0.05) is 18.2 Å². The largest absolute Gasteiger partial charge is 0.383 e. The van der Waals surface area contributed by atoms with Gasteiger partial charge >= 0.3 is 0 Å². The number of pyridine rings is 2. The molecule has 35 heavy (non-hydrogen) atoms. The number of nitrogens with two attached hydrogens (primary N) is 2. The first-order valence-electron chi connectivity index (χ1n) is 12.1. The van der Waals surface area contributed by atoms with Gasteiger partial charge in [0, 0.05) is 17.1 Å². The minimum atomic E-state index is 0.278. The average molecular weight is 465 g/mol. The van der Waals surface area contributed by atoms with E-state index in [1.807, 2.05) is 18.2 Å². The first kappa shape index (κ1) is 21.6. The van der Waals surface area contributed by atoms with Crippen molar-refractivity contribution in [2.75, 3.05) is 12.3 Å². The summed E-state index contributed by atoms with van der Waals surface area (Å²) in [6.45, 7) is 2.85. The second-order valence-corrected chi connectivity index (χ2v) is 9.43. The van der Waals surface area contributed by atoms with E-state index in [4.69, 9.17) is 21.5 Å². The maximum absolute atomic E-state index is 6.37. The van der Waals surface area contributed by atoms with Gasteiger partial charge in [-0.25, -0.2) is 19.6 Å². The smallest absolute Gasteiger partial charge is 0.164 e. The number of hydrogen-bond donors (Lipinski definition) is 2. The summed E-state index contributed by atoms with van der Waals surface area (Å²) in [6, 6.07) is 14.5. The van der Waals surface area contributed by atoms with Gasteiger partial charge in [0.25, 0.3) is 0 Å². The molecular formula is C27H28N8. The summed E-state index contributed by atoms with van der Waals surface area (Å²) in [7, 11) is 0. The van der Waals surface area contributed by atoms with Crippen molar-refractivity contribution in [2.24, 2.45) is 11.7 Å². The Balaban J connectivity index is 1.48. The SMILES string of the molecule is Cc1cc(-c2ccccn2)nc2cc(-c3nn(C4CCC(CN)CC4)c4ncnc(N)c34)ccc12. The number of hydrogen-bond acceptors (Lipinski definition) is 7. The first-order valence-corrected chi connectivity index (χ1v) is 12.1. The van der Waals surface area contributed by atoms with Crippen molar-refractivity contribution in [1.29, 1.82) is 0 Å². The van der Waals surface area contributed by atoms with Crippen molar-refractivity contribution in [3.63, 3.8) is 0 Å². The zero-order valence-corrected chi connectivity index (χ0v) is 19.7. The summed E-state index contributed by atoms with van der Waals surface area (Å²) < 4.78 is 2.06. The zero-order valence-electron chi connectivity index (χ0n) is 19.7. The summed E-state index contributed by atoms with van der Waals surface area (Å²) in [5.74, 6) is 1.04. The molecular weight excluding hydrogens is 436 g/mol. The summed E-state index contributed by atoms with van der Waals surface area (Å²) in [4.78, 5) is 18.3. The lowest BCUT2D eigenvalue weighted by Crippen LogP contribution is -2.24.